The molecule has 4 nitrogen and oxygen atoms in total. The van der Waals surface area contributed by atoms with Crippen LogP contribution < -0.4 is 5.32 Å². The fourth-order valence-corrected chi connectivity index (χ4v) is 4.52. The summed E-state index contributed by atoms with van der Waals surface area (Å²) in [4.78, 5) is 17.3. The van der Waals surface area contributed by atoms with Crippen LogP contribution in [0.15, 0.2) is 109 Å². The largest absolute Gasteiger partial charge is 0.350 e. The van der Waals surface area contributed by atoms with Gasteiger partial charge in [-0.15, -0.1) is 0 Å². The van der Waals surface area contributed by atoms with Crippen molar-refractivity contribution in [3.05, 3.63) is 138 Å². The Bertz CT molecular complexity index is 1410. The van der Waals surface area contributed by atoms with Gasteiger partial charge in [-0.3, -0.25) is 9.78 Å². The summed E-state index contributed by atoms with van der Waals surface area (Å²) in [5.74, 6) is -0.593. The van der Waals surface area contributed by atoms with Crippen LogP contribution in [0.2, 0.25) is 0 Å². The van der Waals surface area contributed by atoms with Crippen molar-refractivity contribution < 1.29 is 9.18 Å². The van der Waals surface area contributed by atoms with Crippen molar-refractivity contribution in [2.45, 2.75) is 25.4 Å². The van der Waals surface area contributed by atoms with Gasteiger partial charge in [0.1, 0.15) is 5.82 Å². The number of rotatable bonds is 8. The summed E-state index contributed by atoms with van der Waals surface area (Å²) < 4.78 is 16.0. The van der Waals surface area contributed by atoms with E-state index < -0.39 is 0 Å². The third-order valence-electron chi connectivity index (χ3n) is 6.25. The number of amides is 1. The summed E-state index contributed by atoms with van der Waals surface area (Å²) in [5, 5.41) is 4.09. The Morgan fingerprint density at radius 2 is 1.63 bits per heavy atom. The average molecular weight is 464 g/mol. The molecule has 1 atom stereocenters. The van der Waals surface area contributed by atoms with E-state index in [1.807, 2.05) is 48.5 Å². The first-order chi connectivity index (χ1) is 17.2. The lowest BCUT2D eigenvalue weighted by atomic mass is 9.88. The fourth-order valence-electron chi connectivity index (χ4n) is 4.52. The van der Waals surface area contributed by atoms with Crippen molar-refractivity contribution in [3.8, 4) is 0 Å². The molecule has 0 aliphatic rings. The molecule has 2 aromatic heterocycles. The summed E-state index contributed by atoms with van der Waals surface area (Å²) in [6, 6.07) is 30.6. The van der Waals surface area contributed by atoms with Gasteiger partial charge in [0.15, 0.2) is 0 Å². The van der Waals surface area contributed by atoms with Gasteiger partial charge in [0.2, 0.25) is 5.91 Å². The van der Waals surface area contributed by atoms with Crippen LogP contribution in [0.1, 0.15) is 34.7 Å². The van der Waals surface area contributed by atoms with Gasteiger partial charge in [-0.25, -0.2) is 4.39 Å². The van der Waals surface area contributed by atoms with Crippen LogP contribution in [0.4, 0.5) is 4.39 Å². The van der Waals surface area contributed by atoms with Crippen molar-refractivity contribution in [2.24, 2.45) is 0 Å². The SMILES string of the molecule is O=C(C[C@H](c1ccc(F)cc1)c1cn(Cc2ccccc2)c2ccccc12)NCc1ccccn1. The maximum absolute atomic E-state index is 13.7. The molecule has 0 saturated heterocycles. The molecular weight excluding hydrogens is 437 g/mol. The van der Waals surface area contributed by atoms with Crippen LogP contribution in [-0.2, 0) is 17.9 Å². The minimum absolute atomic E-state index is 0.0788. The van der Waals surface area contributed by atoms with Crippen molar-refractivity contribution >= 4 is 16.8 Å². The lowest BCUT2D eigenvalue weighted by Gasteiger charge is -2.17. The fraction of sp³-hybridized carbons (Fsp3) is 0.133. The number of para-hydroxylation sites is 1. The summed E-state index contributed by atoms with van der Waals surface area (Å²) in [5.41, 5.74) is 5.07. The maximum atomic E-state index is 13.7. The first-order valence-electron chi connectivity index (χ1n) is 11.7. The van der Waals surface area contributed by atoms with E-state index >= 15 is 0 Å². The number of fused-ring (bicyclic) bond motifs is 1. The molecule has 0 fully saturated rings. The number of pyridine rings is 1. The molecule has 0 radical (unpaired) electrons. The van der Waals surface area contributed by atoms with Crippen LogP contribution in [-0.4, -0.2) is 15.5 Å². The Labute approximate surface area is 204 Å². The second kappa shape index (κ2) is 10.3. The lowest BCUT2D eigenvalue weighted by Crippen LogP contribution is -2.25. The first-order valence-corrected chi connectivity index (χ1v) is 11.7. The number of benzene rings is 3. The van der Waals surface area contributed by atoms with Crippen LogP contribution in [0.3, 0.4) is 0 Å². The highest BCUT2D eigenvalue weighted by atomic mass is 19.1. The normalized spacial score (nSPS) is 11.9. The van der Waals surface area contributed by atoms with E-state index in [1.54, 1.807) is 18.3 Å². The zero-order valence-electron chi connectivity index (χ0n) is 19.3. The third kappa shape index (κ3) is 5.30. The van der Waals surface area contributed by atoms with Crippen molar-refractivity contribution in [2.75, 3.05) is 0 Å². The molecule has 0 spiro atoms. The van der Waals surface area contributed by atoms with Gasteiger partial charge in [0.05, 0.1) is 12.2 Å². The molecule has 5 heteroatoms. The molecule has 1 N–H and O–H groups in total. The van der Waals surface area contributed by atoms with E-state index in [-0.39, 0.29) is 24.1 Å². The molecule has 0 saturated carbocycles. The Hall–Kier alpha value is -4.25. The van der Waals surface area contributed by atoms with E-state index in [1.165, 1.54) is 17.7 Å². The minimum Gasteiger partial charge on any atom is -0.350 e. The van der Waals surface area contributed by atoms with Crippen LogP contribution in [0, 0.1) is 5.82 Å². The zero-order valence-corrected chi connectivity index (χ0v) is 19.3. The van der Waals surface area contributed by atoms with Gasteiger partial charge in [-0.1, -0.05) is 66.7 Å². The number of carbonyl (C=O) groups is 1. The quantitative estimate of drug-likeness (QED) is 0.304. The number of hydrogen-bond acceptors (Lipinski definition) is 2. The van der Waals surface area contributed by atoms with E-state index in [2.05, 4.69) is 45.3 Å². The number of hydrogen-bond donors (Lipinski definition) is 1. The predicted molar refractivity (Wildman–Crippen MR) is 136 cm³/mol. The van der Waals surface area contributed by atoms with Crippen LogP contribution >= 0.6 is 0 Å². The van der Waals surface area contributed by atoms with Crippen molar-refractivity contribution in [3.63, 3.8) is 0 Å². The third-order valence-corrected chi connectivity index (χ3v) is 6.25. The standard InChI is InChI=1S/C30H26FN3O/c31-24-15-13-23(14-16-24)27(18-30(35)33-19-25-10-6-7-17-32-25)28-21-34(20-22-8-2-1-3-9-22)29-12-5-4-11-26(28)29/h1-17,21,27H,18-20H2,(H,33,35)/t27-/m1/s1. The number of nitrogens with zero attached hydrogens (tertiary/aromatic N) is 2. The van der Waals surface area contributed by atoms with E-state index in [0.29, 0.717) is 6.54 Å². The van der Waals surface area contributed by atoms with Gasteiger partial charge >= 0.3 is 0 Å². The molecule has 1 amide bonds. The Morgan fingerprint density at radius 3 is 2.40 bits per heavy atom. The molecular formula is C30H26FN3O. The molecule has 35 heavy (non-hydrogen) atoms. The Balaban J connectivity index is 1.49. The number of carbonyl (C=O) groups excluding carboxylic acids is 1. The number of nitrogens with one attached hydrogen (secondary N) is 1. The first kappa shape index (κ1) is 22.5. The molecule has 0 bridgehead atoms. The molecule has 174 valence electrons. The monoisotopic (exact) mass is 463 g/mol. The zero-order chi connectivity index (χ0) is 24.0. The van der Waals surface area contributed by atoms with Crippen molar-refractivity contribution in [1.82, 2.24) is 14.9 Å². The lowest BCUT2D eigenvalue weighted by molar-refractivity contribution is -0.121. The molecule has 5 rings (SSSR count). The highest BCUT2D eigenvalue weighted by molar-refractivity contribution is 5.86. The summed E-state index contributed by atoms with van der Waals surface area (Å²) in [6.45, 7) is 1.09. The second-order valence-electron chi connectivity index (χ2n) is 8.62. The molecule has 0 aliphatic carbocycles. The number of aromatic nitrogens is 2. The van der Waals surface area contributed by atoms with Crippen molar-refractivity contribution in [1.29, 1.82) is 0 Å². The summed E-state index contributed by atoms with van der Waals surface area (Å²) >= 11 is 0. The van der Waals surface area contributed by atoms with Gasteiger partial charge in [0, 0.05) is 42.2 Å². The topological polar surface area (TPSA) is 46.9 Å². The smallest absolute Gasteiger partial charge is 0.221 e. The summed E-state index contributed by atoms with van der Waals surface area (Å²) in [6.07, 6.45) is 4.10. The van der Waals surface area contributed by atoms with Gasteiger partial charge < -0.3 is 9.88 Å². The Morgan fingerprint density at radius 1 is 0.886 bits per heavy atom. The minimum atomic E-state index is -0.293. The van der Waals surface area contributed by atoms with Gasteiger partial charge in [0.25, 0.3) is 0 Å². The maximum Gasteiger partial charge on any atom is 0.221 e. The van der Waals surface area contributed by atoms with Crippen LogP contribution in [0.25, 0.3) is 10.9 Å². The average Bonchev–Trinajstić information content (AvgIpc) is 3.26. The highest BCUT2D eigenvalue weighted by Gasteiger charge is 2.23. The molecule has 0 aliphatic heterocycles. The van der Waals surface area contributed by atoms with Gasteiger partial charge in [-0.2, -0.15) is 0 Å². The number of halogens is 1. The van der Waals surface area contributed by atoms with E-state index in [4.69, 9.17) is 0 Å². The molecule has 0 unspecified atom stereocenters. The highest BCUT2D eigenvalue weighted by Crippen LogP contribution is 2.35. The Kier molecular flexibility index (Phi) is 6.66. The van der Waals surface area contributed by atoms with E-state index in [9.17, 15) is 9.18 Å². The molecule has 2 heterocycles. The van der Waals surface area contributed by atoms with Gasteiger partial charge in [-0.05, 0) is 47.0 Å². The van der Waals surface area contributed by atoms with Crippen LogP contribution in [0.5, 0.6) is 0 Å². The summed E-state index contributed by atoms with van der Waals surface area (Å²) in [7, 11) is 0. The second-order valence-corrected chi connectivity index (χ2v) is 8.62. The molecule has 5 aromatic rings. The molecule has 3 aromatic carbocycles. The predicted octanol–water partition coefficient (Wildman–Crippen LogP) is 6.06. The van der Waals surface area contributed by atoms with E-state index in [0.717, 1.165) is 34.3 Å².